The summed E-state index contributed by atoms with van der Waals surface area (Å²) < 4.78 is 10.7. The first-order valence-corrected chi connectivity index (χ1v) is 7.83. The maximum Gasteiger partial charge on any atom is 0.323 e. The molecule has 0 fully saturated rings. The maximum absolute atomic E-state index is 11.5. The van der Waals surface area contributed by atoms with E-state index >= 15 is 0 Å². The Hall–Kier alpha value is -1.12. The predicted octanol–water partition coefficient (Wildman–Crippen LogP) is 2.59. The summed E-state index contributed by atoms with van der Waals surface area (Å²) >= 11 is 0. The molecule has 1 rings (SSSR count). The van der Waals surface area contributed by atoms with E-state index in [1.165, 1.54) is 0 Å². The zero-order valence-electron chi connectivity index (χ0n) is 11.7. The number of nitrogens with one attached hydrogen (secondary N) is 1. The average Bonchev–Trinajstić information content (AvgIpc) is 2.38. The molecular weight excluding hydrogens is 261 g/mol. The second-order valence-electron chi connectivity index (χ2n) is 4.44. The van der Waals surface area contributed by atoms with Crippen molar-refractivity contribution in [1.82, 2.24) is 5.32 Å². The smallest absolute Gasteiger partial charge is 0.323 e. The third kappa shape index (κ3) is 7.14. The molecule has 106 valence electrons. The minimum Gasteiger partial charge on any atom is -0.489 e. The van der Waals surface area contributed by atoms with Crippen LogP contribution in [0.4, 0.5) is 0 Å². The van der Waals surface area contributed by atoms with Crippen LogP contribution in [-0.4, -0.2) is 30.7 Å². The predicted molar refractivity (Wildman–Crippen MR) is 78.9 cm³/mol. The van der Waals surface area contributed by atoms with Crippen LogP contribution in [0.5, 0.6) is 5.75 Å². The lowest BCUT2D eigenvalue weighted by molar-refractivity contribution is -0.149. The number of esters is 1. The molecule has 1 N–H and O–H groups in total. The van der Waals surface area contributed by atoms with Crippen LogP contribution >= 0.6 is 8.58 Å². The molecule has 1 unspecified atom stereocenters. The monoisotopic (exact) mass is 283 g/mol. The molecule has 0 aliphatic rings. The molecule has 0 aliphatic carbocycles. The Bertz CT molecular complexity index is 370. The van der Waals surface area contributed by atoms with Crippen LogP contribution in [0.15, 0.2) is 30.3 Å². The van der Waals surface area contributed by atoms with Crippen molar-refractivity contribution >= 4 is 14.6 Å². The van der Waals surface area contributed by atoms with E-state index in [0.29, 0.717) is 14.9 Å². The summed E-state index contributed by atoms with van der Waals surface area (Å²) in [5.41, 5.74) is 0. The van der Waals surface area contributed by atoms with Gasteiger partial charge in [0, 0.05) is 6.29 Å². The second kappa shape index (κ2) is 8.89. The van der Waals surface area contributed by atoms with Crippen molar-refractivity contribution in [2.75, 3.05) is 12.6 Å². The molecule has 0 aliphatic heterocycles. The van der Waals surface area contributed by atoms with E-state index in [1.54, 1.807) is 0 Å². The summed E-state index contributed by atoms with van der Waals surface area (Å²) in [6, 6.07) is 9.44. The Morgan fingerprint density at radius 3 is 2.58 bits per heavy atom. The molecule has 1 aromatic carbocycles. The van der Waals surface area contributed by atoms with Crippen LogP contribution in [0.3, 0.4) is 0 Å². The number of hydrogen-bond acceptors (Lipinski definition) is 4. The van der Waals surface area contributed by atoms with Crippen LogP contribution in [0, 0.1) is 0 Å². The van der Waals surface area contributed by atoms with Crippen molar-refractivity contribution in [3.63, 3.8) is 0 Å². The highest BCUT2D eigenvalue weighted by Gasteiger charge is 2.14. The maximum atomic E-state index is 11.5. The van der Waals surface area contributed by atoms with Gasteiger partial charge in [-0.3, -0.25) is 4.79 Å². The fourth-order valence-electron chi connectivity index (χ4n) is 1.35. The number of benzene rings is 1. The number of carbonyl (C=O) groups is 1. The van der Waals surface area contributed by atoms with Gasteiger partial charge < -0.3 is 14.8 Å². The number of hydrogen-bond donors (Lipinski definition) is 1. The minimum absolute atomic E-state index is 0.0689. The highest BCUT2D eigenvalue weighted by Crippen LogP contribution is 2.14. The SMILES string of the molecule is CC(C)OC(=O)[C@H](C)NCPCOc1ccccc1. The average molecular weight is 283 g/mol. The lowest BCUT2D eigenvalue weighted by Crippen LogP contribution is -2.36. The molecule has 0 saturated carbocycles. The van der Waals surface area contributed by atoms with Crippen LogP contribution in [0.2, 0.25) is 0 Å². The summed E-state index contributed by atoms with van der Waals surface area (Å²) in [4.78, 5) is 11.5. The minimum atomic E-state index is -0.272. The van der Waals surface area contributed by atoms with Gasteiger partial charge in [-0.05, 0) is 32.9 Å². The van der Waals surface area contributed by atoms with E-state index < -0.39 is 0 Å². The normalized spacial score (nSPS) is 12.8. The highest BCUT2D eigenvalue weighted by atomic mass is 31.1. The molecule has 0 aromatic heterocycles. The molecule has 0 saturated heterocycles. The summed E-state index contributed by atoms with van der Waals surface area (Å²) in [6.45, 7) is 5.51. The van der Waals surface area contributed by atoms with Crippen molar-refractivity contribution in [2.45, 2.75) is 32.9 Å². The highest BCUT2D eigenvalue weighted by molar-refractivity contribution is 7.37. The van der Waals surface area contributed by atoms with Gasteiger partial charge in [0.15, 0.2) is 0 Å². The molecule has 1 aromatic rings. The fraction of sp³-hybridized carbons (Fsp3) is 0.500. The molecule has 0 amide bonds. The zero-order chi connectivity index (χ0) is 14.1. The summed E-state index contributed by atoms with van der Waals surface area (Å²) in [5, 5.41) is 3.13. The third-order valence-electron chi connectivity index (χ3n) is 2.32. The molecule has 5 heteroatoms. The third-order valence-corrected chi connectivity index (χ3v) is 3.13. The Kier molecular flexibility index (Phi) is 7.46. The largest absolute Gasteiger partial charge is 0.489 e. The molecule has 0 bridgehead atoms. The number of ether oxygens (including phenoxy) is 2. The zero-order valence-corrected chi connectivity index (χ0v) is 12.7. The van der Waals surface area contributed by atoms with Crippen LogP contribution in [0.1, 0.15) is 20.8 Å². The summed E-state index contributed by atoms with van der Waals surface area (Å²) in [6.07, 6.45) is 1.34. The van der Waals surface area contributed by atoms with Gasteiger partial charge in [0.2, 0.25) is 0 Å². The van der Waals surface area contributed by atoms with Gasteiger partial charge in [-0.15, -0.1) is 0 Å². The Balaban J connectivity index is 2.09. The van der Waals surface area contributed by atoms with Gasteiger partial charge in [0.05, 0.1) is 6.10 Å². The van der Waals surface area contributed by atoms with Crippen molar-refractivity contribution in [3.05, 3.63) is 30.3 Å². The van der Waals surface area contributed by atoms with E-state index in [-0.39, 0.29) is 18.1 Å². The van der Waals surface area contributed by atoms with Crippen molar-refractivity contribution < 1.29 is 14.3 Å². The van der Waals surface area contributed by atoms with E-state index in [2.05, 4.69) is 5.32 Å². The van der Waals surface area contributed by atoms with Crippen LogP contribution in [-0.2, 0) is 9.53 Å². The molecule has 0 heterocycles. The Labute approximate surface area is 116 Å². The van der Waals surface area contributed by atoms with Crippen LogP contribution in [0.25, 0.3) is 0 Å². The van der Waals surface area contributed by atoms with Gasteiger partial charge in [-0.25, -0.2) is 0 Å². The van der Waals surface area contributed by atoms with Gasteiger partial charge in [0.25, 0.3) is 0 Å². The first-order chi connectivity index (χ1) is 9.09. The fourth-order valence-corrected chi connectivity index (χ4v) is 2.17. The van der Waals surface area contributed by atoms with E-state index in [9.17, 15) is 4.79 Å². The van der Waals surface area contributed by atoms with Gasteiger partial charge in [-0.2, -0.15) is 0 Å². The molecule has 2 atom stereocenters. The first-order valence-electron chi connectivity index (χ1n) is 6.42. The lowest BCUT2D eigenvalue weighted by Gasteiger charge is -2.15. The molecular formula is C14H22NO3P. The second-order valence-corrected chi connectivity index (χ2v) is 5.58. The number of rotatable bonds is 8. The van der Waals surface area contributed by atoms with E-state index in [1.807, 2.05) is 51.1 Å². The molecule has 4 nitrogen and oxygen atoms in total. The van der Waals surface area contributed by atoms with E-state index in [0.717, 1.165) is 12.0 Å². The molecule has 0 spiro atoms. The molecule has 0 radical (unpaired) electrons. The van der Waals surface area contributed by atoms with Gasteiger partial charge in [-0.1, -0.05) is 26.8 Å². The topological polar surface area (TPSA) is 47.6 Å². The van der Waals surface area contributed by atoms with Gasteiger partial charge in [0.1, 0.15) is 18.1 Å². The van der Waals surface area contributed by atoms with E-state index in [4.69, 9.17) is 9.47 Å². The van der Waals surface area contributed by atoms with Crippen LogP contribution < -0.4 is 10.1 Å². The lowest BCUT2D eigenvalue weighted by atomic mass is 10.3. The first kappa shape index (κ1) is 15.9. The Morgan fingerprint density at radius 2 is 1.95 bits per heavy atom. The number of para-hydroxylation sites is 1. The van der Waals surface area contributed by atoms with Gasteiger partial charge >= 0.3 is 5.97 Å². The molecule has 19 heavy (non-hydrogen) atoms. The summed E-state index contributed by atoms with van der Waals surface area (Å²) in [5.74, 6) is 0.672. The van der Waals surface area contributed by atoms with Crippen molar-refractivity contribution in [2.24, 2.45) is 0 Å². The van der Waals surface area contributed by atoms with Crippen molar-refractivity contribution in [3.8, 4) is 5.75 Å². The van der Waals surface area contributed by atoms with Crippen molar-refractivity contribution in [1.29, 1.82) is 0 Å². The summed E-state index contributed by atoms with van der Waals surface area (Å²) in [7, 11) is 0.598. The quantitative estimate of drug-likeness (QED) is 0.452. The Morgan fingerprint density at radius 1 is 1.26 bits per heavy atom. The standard InChI is InChI=1S/C14H22NO3P/c1-11(2)18-14(16)12(3)15-9-19-10-17-13-7-5-4-6-8-13/h4-8,11-12,15,19H,9-10H2,1-3H3/t12-/m0/s1. The number of carbonyl (C=O) groups excluding carboxylic acids is 1.